The van der Waals surface area contributed by atoms with Crippen molar-refractivity contribution >= 4 is 6.03 Å². The lowest BCUT2D eigenvalue weighted by Crippen LogP contribution is -2.45. The molecular weight excluding hydrogens is 268 g/mol. The Kier molecular flexibility index (Phi) is 4.85. The van der Waals surface area contributed by atoms with Gasteiger partial charge >= 0.3 is 6.03 Å². The van der Waals surface area contributed by atoms with E-state index in [2.05, 4.69) is 36.2 Å². The van der Waals surface area contributed by atoms with Crippen LogP contribution in [0.2, 0.25) is 0 Å². The highest BCUT2D eigenvalue weighted by molar-refractivity contribution is 5.74. The van der Waals surface area contributed by atoms with Gasteiger partial charge in [0.1, 0.15) is 0 Å². The van der Waals surface area contributed by atoms with Crippen LogP contribution in [-0.2, 0) is 0 Å². The molecule has 2 amide bonds. The van der Waals surface area contributed by atoms with Crippen molar-refractivity contribution < 1.29 is 9.32 Å². The van der Waals surface area contributed by atoms with Crippen LogP contribution in [0.25, 0.3) is 0 Å². The number of amides is 2. The lowest BCUT2D eigenvalue weighted by atomic mass is 9.92. The number of hydrogen-bond acceptors (Lipinski definition) is 4. The summed E-state index contributed by atoms with van der Waals surface area (Å²) in [5.41, 5.74) is 0.235. The van der Waals surface area contributed by atoms with Gasteiger partial charge in [0.2, 0.25) is 5.89 Å². The first-order valence-corrected chi connectivity index (χ1v) is 7.68. The van der Waals surface area contributed by atoms with Crippen LogP contribution in [0.1, 0.15) is 57.7 Å². The summed E-state index contributed by atoms with van der Waals surface area (Å²) in [6, 6.07) is 0.0141. The Morgan fingerprint density at radius 1 is 1.48 bits per heavy atom. The molecule has 0 aliphatic carbocycles. The number of likely N-dealkylation sites (tertiary alicyclic amines) is 1. The van der Waals surface area contributed by atoms with Crippen molar-refractivity contribution in [1.29, 1.82) is 0 Å². The van der Waals surface area contributed by atoms with Crippen LogP contribution in [0, 0.1) is 12.3 Å². The summed E-state index contributed by atoms with van der Waals surface area (Å²) in [6.07, 6.45) is 2.94. The van der Waals surface area contributed by atoms with Crippen molar-refractivity contribution in [3.05, 3.63) is 11.7 Å². The maximum atomic E-state index is 12.2. The van der Waals surface area contributed by atoms with Crippen molar-refractivity contribution in [1.82, 2.24) is 20.4 Å². The van der Waals surface area contributed by atoms with Crippen molar-refractivity contribution in [3.8, 4) is 0 Å². The van der Waals surface area contributed by atoms with E-state index >= 15 is 0 Å². The second-order valence-corrected chi connectivity index (χ2v) is 7.01. The first-order valence-electron chi connectivity index (χ1n) is 7.68. The number of aryl methyl sites for hydroxylation is 1. The SMILES string of the molecule is Cc1noc(C2CCCN(C(=O)NCCC(C)(C)C)C2)n1. The van der Waals surface area contributed by atoms with Gasteiger partial charge in [-0.2, -0.15) is 4.98 Å². The summed E-state index contributed by atoms with van der Waals surface area (Å²) in [7, 11) is 0. The van der Waals surface area contributed by atoms with E-state index in [4.69, 9.17) is 4.52 Å². The Balaban J connectivity index is 1.84. The summed E-state index contributed by atoms with van der Waals surface area (Å²) in [5.74, 6) is 1.46. The molecule has 0 saturated carbocycles. The molecule has 0 aromatic carbocycles. The molecule has 0 spiro atoms. The van der Waals surface area contributed by atoms with E-state index < -0.39 is 0 Å². The van der Waals surface area contributed by atoms with Crippen molar-refractivity contribution in [2.45, 2.75) is 52.9 Å². The minimum atomic E-state index is 0.0141. The first kappa shape index (κ1) is 15.8. The zero-order chi connectivity index (χ0) is 15.5. The highest BCUT2D eigenvalue weighted by atomic mass is 16.5. The summed E-state index contributed by atoms with van der Waals surface area (Å²) in [5, 5.41) is 6.84. The number of carbonyl (C=O) groups excluding carboxylic acids is 1. The van der Waals surface area contributed by atoms with Crippen LogP contribution < -0.4 is 5.32 Å². The summed E-state index contributed by atoms with van der Waals surface area (Å²) in [6.45, 7) is 10.5. The van der Waals surface area contributed by atoms with E-state index in [1.807, 2.05) is 11.8 Å². The average molecular weight is 294 g/mol. The Labute approximate surface area is 126 Å². The van der Waals surface area contributed by atoms with Crippen LogP contribution in [-0.4, -0.2) is 40.7 Å². The Hall–Kier alpha value is -1.59. The van der Waals surface area contributed by atoms with Gasteiger partial charge in [0.15, 0.2) is 5.82 Å². The van der Waals surface area contributed by atoms with Crippen molar-refractivity contribution in [2.75, 3.05) is 19.6 Å². The summed E-state index contributed by atoms with van der Waals surface area (Å²) >= 11 is 0. The highest BCUT2D eigenvalue weighted by Gasteiger charge is 2.28. The minimum absolute atomic E-state index is 0.0141. The predicted octanol–water partition coefficient (Wildman–Crippen LogP) is 2.70. The van der Waals surface area contributed by atoms with Crippen LogP contribution in [0.15, 0.2) is 4.52 Å². The molecule has 1 aromatic rings. The third-order valence-corrected chi connectivity index (χ3v) is 3.75. The lowest BCUT2D eigenvalue weighted by molar-refractivity contribution is 0.171. The lowest BCUT2D eigenvalue weighted by Gasteiger charge is -2.31. The number of urea groups is 1. The van der Waals surface area contributed by atoms with Gasteiger partial charge in [-0.15, -0.1) is 0 Å². The quantitative estimate of drug-likeness (QED) is 0.930. The standard InChI is InChI=1S/C15H26N4O2/c1-11-17-13(21-18-11)12-6-5-9-19(10-12)14(20)16-8-7-15(2,3)4/h12H,5-10H2,1-4H3,(H,16,20). The van der Waals surface area contributed by atoms with Crippen LogP contribution >= 0.6 is 0 Å². The number of hydrogen-bond donors (Lipinski definition) is 1. The van der Waals surface area contributed by atoms with Gasteiger partial charge < -0.3 is 14.7 Å². The van der Waals surface area contributed by atoms with Crippen molar-refractivity contribution in [3.63, 3.8) is 0 Å². The van der Waals surface area contributed by atoms with Gasteiger partial charge in [-0.25, -0.2) is 4.79 Å². The number of carbonyl (C=O) groups is 1. The summed E-state index contributed by atoms with van der Waals surface area (Å²) < 4.78 is 5.24. The van der Waals surface area contributed by atoms with Gasteiger partial charge in [-0.3, -0.25) is 0 Å². The second-order valence-electron chi connectivity index (χ2n) is 7.01. The van der Waals surface area contributed by atoms with Crippen LogP contribution in [0.4, 0.5) is 4.79 Å². The van der Waals surface area contributed by atoms with E-state index in [0.717, 1.165) is 25.8 Å². The molecule has 6 nitrogen and oxygen atoms in total. The molecule has 1 saturated heterocycles. The fourth-order valence-corrected chi connectivity index (χ4v) is 2.50. The molecule has 21 heavy (non-hydrogen) atoms. The van der Waals surface area contributed by atoms with E-state index in [1.54, 1.807) is 0 Å². The Morgan fingerprint density at radius 2 is 2.24 bits per heavy atom. The van der Waals surface area contributed by atoms with E-state index in [9.17, 15) is 4.79 Å². The fourth-order valence-electron chi connectivity index (χ4n) is 2.50. The number of piperidine rings is 1. The molecule has 1 fully saturated rings. The van der Waals surface area contributed by atoms with Gasteiger partial charge in [-0.1, -0.05) is 25.9 Å². The molecule has 2 rings (SSSR count). The zero-order valence-corrected chi connectivity index (χ0v) is 13.5. The van der Waals surface area contributed by atoms with Crippen LogP contribution in [0.5, 0.6) is 0 Å². The molecule has 2 heterocycles. The third-order valence-electron chi connectivity index (χ3n) is 3.75. The minimum Gasteiger partial charge on any atom is -0.339 e. The molecule has 1 aliphatic rings. The first-order chi connectivity index (χ1) is 9.85. The smallest absolute Gasteiger partial charge is 0.317 e. The number of nitrogens with one attached hydrogen (secondary N) is 1. The fraction of sp³-hybridized carbons (Fsp3) is 0.800. The zero-order valence-electron chi connectivity index (χ0n) is 13.5. The van der Waals surface area contributed by atoms with Gasteiger partial charge in [0.25, 0.3) is 0 Å². The highest BCUT2D eigenvalue weighted by Crippen LogP contribution is 2.25. The van der Waals surface area contributed by atoms with Gasteiger partial charge in [-0.05, 0) is 31.6 Å². The number of nitrogens with zero attached hydrogens (tertiary/aromatic N) is 3. The van der Waals surface area contributed by atoms with E-state index in [0.29, 0.717) is 24.8 Å². The molecule has 0 bridgehead atoms. The molecule has 1 aliphatic heterocycles. The second kappa shape index (κ2) is 6.45. The molecule has 1 N–H and O–H groups in total. The van der Waals surface area contributed by atoms with Crippen LogP contribution in [0.3, 0.4) is 0 Å². The molecule has 6 heteroatoms. The Morgan fingerprint density at radius 3 is 2.86 bits per heavy atom. The molecule has 1 aromatic heterocycles. The molecular formula is C15H26N4O2. The topological polar surface area (TPSA) is 71.3 Å². The average Bonchev–Trinajstić information content (AvgIpc) is 2.84. The van der Waals surface area contributed by atoms with E-state index in [-0.39, 0.29) is 17.4 Å². The van der Waals surface area contributed by atoms with Gasteiger partial charge in [0, 0.05) is 19.6 Å². The maximum absolute atomic E-state index is 12.2. The number of aromatic nitrogens is 2. The number of rotatable bonds is 3. The maximum Gasteiger partial charge on any atom is 0.317 e. The predicted molar refractivity (Wildman–Crippen MR) is 80.1 cm³/mol. The molecule has 118 valence electrons. The molecule has 1 unspecified atom stereocenters. The summed E-state index contributed by atoms with van der Waals surface area (Å²) in [4.78, 5) is 18.4. The Bertz CT molecular complexity index is 478. The van der Waals surface area contributed by atoms with Crippen molar-refractivity contribution in [2.24, 2.45) is 5.41 Å². The third kappa shape index (κ3) is 4.72. The van der Waals surface area contributed by atoms with Gasteiger partial charge in [0.05, 0.1) is 5.92 Å². The van der Waals surface area contributed by atoms with E-state index in [1.165, 1.54) is 0 Å². The largest absolute Gasteiger partial charge is 0.339 e. The molecule has 1 atom stereocenters. The monoisotopic (exact) mass is 294 g/mol. The molecule has 0 radical (unpaired) electrons. The normalized spacial score (nSPS) is 19.6.